The highest BCUT2D eigenvalue weighted by molar-refractivity contribution is 5.72. The number of aromatic amines is 1. The highest BCUT2D eigenvalue weighted by Gasteiger charge is 2.16. The van der Waals surface area contributed by atoms with Gasteiger partial charge in [0.25, 0.3) is 0 Å². The maximum atomic E-state index is 12.8. The van der Waals surface area contributed by atoms with E-state index in [4.69, 9.17) is 0 Å². The average molecular weight is 292 g/mol. The summed E-state index contributed by atoms with van der Waals surface area (Å²) < 4.78 is 3.13. The summed E-state index contributed by atoms with van der Waals surface area (Å²) in [5.74, 6) is 0.514. The van der Waals surface area contributed by atoms with E-state index < -0.39 is 0 Å². The summed E-state index contributed by atoms with van der Waals surface area (Å²) in [4.78, 5) is 28.1. The molecule has 0 saturated heterocycles. The van der Waals surface area contributed by atoms with Gasteiger partial charge in [0, 0.05) is 6.20 Å². The van der Waals surface area contributed by atoms with Crippen LogP contribution in [0.15, 0.2) is 60.2 Å². The molecule has 0 aliphatic heterocycles. The fourth-order valence-electron chi connectivity index (χ4n) is 2.49. The van der Waals surface area contributed by atoms with Gasteiger partial charge in [-0.1, -0.05) is 30.3 Å². The van der Waals surface area contributed by atoms with E-state index in [1.165, 1.54) is 17.2 Å². The Kier molecular flexibility index (Phi) is 2.82. The number of hydrogen-bond acceptors (Lipinski definition) is 4. The Morgan fingerprint density at radius 3 is 2.77 bits per heavy atom. The summed E-state index contributed by atoms with van der Waals surface area (Å²) in [6.07, 6.45) is 6.27. The van der Waals surface area contributed by atoms with Gasteiger partial charge in [0.15, 0.2) is 11.5 Å². The first-order chi connectivity index (χ1) is 10.8. The van der Waals surface area contributed by atoms with Crippen LogP contribution < -0.4 is 5.69 Å². The van der Waals surface area contributed by atoms with Crippen molar-refractivity contribution in [2.24, 2.45) is 0 Å². The van der Waals surface area contributed by atoms with Crippen molar-refractivity contribution in [3.63, 3.8) is 0 Å². The van der Waals surface area contributed by atoms with Gasteiger partial charge in [-0.05, 0) is 5.56 Å². The first-order valence-electron chi connectivity index (χ1n) is 6.79. The number of H-pyrrole nitrogens is 1. The molecule has 4 aromatic rings. The van der Waals surface area contributed by atoms with Crippen LogP contribution in [0.3, 0.4) is 0 Å². The van der Waals surface area contributed by atoms with Crippen molar-refractivity contribution in [1.82, 2.24) is 29.1 Å². The summed E-state index contributed by atoms with van der Waals surface area (Å²) in [6.45, 7) is 0.459. The summed E-state index contributed by atoms with van der Waals surface area (Å²) >= 11 is 0. The predicted molar refractivity (Wildman–Crippen MR) is 80.8 cm³/mol. The van der Waals surface area contributed by atoms with E-state index in [0.29, 0.717) is 23.5 Å². The number of fused-ring (bicyclic) bond motifs is 1. The number of imidazole rings is 2. The van der Waals surface area contributed by atoms with Gasteiger partial charge in [0.2, 0.25) is 0 Å². The van der Waals surface area contributed by atoms with E-state index in [1.54, 1.807) is 17.0 Å². The number of hydrogen-bond donors (Lipinski definition) is 1. The van der Waals surface area contributed by atoms with Crippen LogP contribution in [0.2, 0.25) is 0 Å². The molecule has 0 radical (unpaired) electrons. The molecule has 0 spiro atoms. The van der Waals surface area contributed by atoms with Crippen LogP contribution in [0.5, 0.6) is 0 Å². The summed E-state index contributed by atoms with van der Waals surface area (Å²) in [5.41, 5.74) is 2.07. The number of benzene rings is 1. The molecular formula is C15H12N6O. The molecule has 3 heterocycles. The highest BCUT2D eigenvalue weighted by Crippen LogP contribution is 2.14. The number of nitrogens with zero attached hydrogens (tertiary/aromatic N) is 5. The molecule has 0 aliphatic rings. The van der Waals surface area contributed by atoms with Crippen LogP contribution in [0.4, 0.5) is 0 Å². The molecule has 7 heteroatoms. The Morgan fingerprint density at radius 2 is 2.00 bits per heavy atom. The second kappa shape index (κ2) is 4.96. The second-order valence-electron chi connectivity index (χ2n) is 4.85. The van der Waals surface area contributed by atoms with Gasteiger partial charge in [-0.3, -0.25) is 4.57 Å². The minimum Gasteiger partial charge on any atom is -0.349 e. The van der Waals surface area contributed by atoms with Crippen LogP contribution in [0.25, 0.3) is 17.0 Å². The second-order valence-corrected chi connectivity index (χ2v) is 4.85. The summed E-state index contributed by atoms with van der Waals surface area (Å²) in [5, 5.41) is 0. The van der Waals surface area contributed by atoms with E-state index in [1.807, 2.05) is 30.3 Å². The van der Waals surface area contributed by atoms with Gasteiger partial charge in [0.05, 0.1) is 19.1 Å². The Balaban J connectivity index is 1.96. The normalized spacial score (nSPS) is 11.1. The van der Waals surface area contributed by atoms with Gasteiger partial charge in [0.1, 0.15) is 11.8 Å². The molecule has 108 valence electrons. The number of aromatic nitrogens is 6. The maximum absolute atomic E-state index is 12.8. The molecule has 0 bridgehead atoms. The monoisotopic (exact) mass is 292 g/mol. The molecule has 0 aliphatic carbocycles. The van der Waals surface area contributed by atoms with Gasteiger partial charge < -0.3 is 4.98 Å². The first kappa shape index (κ1) is 12.5. The van der Waals surface area contributed by atoms with Crippen molar-refractivity contribution >= 4 is 11.2 Å². The lowest BCUT2D eigenvalue weighted by Crippen LogP contribution is -2.24. The lowest BCUT2D eigenvalue weighted by atomic mass is 10.2. The molecule has 4 rings (SSSR count). The third kappa shape index (κ3) is 1.91. The largest absolute Gasteiger partial charge is 0.349 e. The minimum absolute atomic E-state index is 0.188. The summed E-state index contributed by atoms with van der Waals surface area (Å²) in [6, 6.07) is 9.80. The molecule has 0 saturated carbocycles. The zero-order chi connectivity index (χ0) is 14.9. The van der Waals surface area contributed by atoms with E-state index in [2.05, 4.69) is 19.9 Å². The predicted octanol–water partition coefficient (Wildman–Crippen LogP) is 1.35. The van der Waals surface area contributed by atoms with E-state index in [-0.39, 0.29) is 5.69 Å². The fourth-order valence-corrected chi connectivity index (χ4v) is 2.49. The van der Waals surface area contributed by atoms with Crippen molar-refractivity contribution in [2.45, 2.75) is 6.54 Å². The maximum Gasteiger partial charge on any atom is 0.336 e. The van der Waals surface area contributed by atoms with Crippen LogP contribution in [-0.4, -0.2) is 29.1 Å². The van der Waals surface area contributed by atoms with Crippen LogP contribution in [-0.2, 0) is 6.54 Å². The van der Waals surface area contributed by atoms with Gasteiger partial charge in [-0.25, -0.2) is 24.3 Å². The van der Waals surface area contributed by atoms with Crippen LogP contribution >= 0.6 is 0 Å². The lowest BCUT2D eigenvalue weighted by Gasteiger charge is -2.02. The smallest absolute Gasteiger partial charge is 0.336 e. The number of nitrogens with one attached hydrogen (secondary N) is 1. The Morgan fingerprint density at radius 1 is 1.14 bits per heavy atom. The third-order valence-corrected chi connectivity index (χ3v) is 3.49. The Hall–Kier alpha value is -3.22. The topological polar surface area (TPSA) is 81.4 Å². The number of rotatable bonds is 3. The fraction of sp³-hybridized carbons (Fsp3) is 0.0667. The zero-order valence-corrected chi connectivity index (χ0v) is 11.5. The SMILES string of the molecule is O=c1n(Cc2ccccc2)c2cncnc2n1-c1c[nH]cn1. The molecule has 22 heavy (non-hydrogen) atoms. The first-order valence-corrected chi connectivity index (χ1v) is 6.79. The molecule has 7 nitrogen and oxygen atoms in total. The van der Waals surface area contributed by atoms with Crippen molar-refractivity contribution < 1.29 is 0 Å². The van der Waals surface area contributed by atoms with Gasteiger partial charge in [-0.15, -0.1) is 0 Å². The average Bonchev–Trinajstić information content (AvgIpc) is 3.16. The quantitative estimate of drug-likeness (QED) is 0.618. The summed E-state index contributed by atoms with van der Waals surface area (Å²) in [7, 11) is 0. The van der Waals surface area contributed by atoms with Crippen molar-refractivity contribution in [1.29, 1.82) is 0 Å². The minimum atomic E-state index is -0.188. The Labute approximate surface area is 124 Å². The zero-order valence-electron chi connectivity index (χ0n) is 11.5. The van der Waals surface area contributed by atoms with E-state index in [9.17, 15) is 4.79 Å². The lowest BCUT2D eigenvalue weighted by molar-refractivity contribution is 0.758. The van der Waals surface area contributed by atoms with Crippen molar-refractivity contribution in [2.75, 3.05) is 0 Å². The molecule has 3 aromatic heterocycles. The van der Waals surface area contributed by atoms with Crippen molar-refractivity contribution in [3.8, 4) is 5.82 Å². The molecule has 0 fully saturated rings. The third-order valence-electron chi connectivity index (χ3n) is 3.49. The van der Waals surface area contributed by atoms with Gasteiger partial charge in [-0.2, -0.15) is 0 Å². The van der Waals surface area contributed by atoms with Gasteiger partial charge >= 0.3 is 5.69 Å². The molecule has 0 amide bonds. The molecule has 1 N–H and O–H groups in total. The van der Waals surface area contributed by atoms with Crippen LogP contribution in [0, 0.1) is 0 Å². The highest BCUT2D eigenvalue weighted by atomic mass is 16.1. The molecule has 1 aromatic carbocycles. The standard InChI is InChI=1S/C15H12N6O/c22-15-20(8-11-4-2-1-3-5-11)12-6-16-10-19-14(12)21(15)13-7-17-9-18-13/h1-7,9-10H,8H2,(H,17,18). The van der Waals surface area contributed by atoms with E-state index >= 15 is 0 Å². The van der Waals surface area contributed by atoms with Crippen molar-refractivity contribution in [3.05, 3.63) is 71.4 Å². The molecule has 0 atom stereocenters. The Bertz CT molecular complexity index is 968. The molecular weight excluding hydrogens is 280 g/mol. The molecule has 0 unspecified atom stereocenters. The van der Waals surface area contributed by atoms with E-state index in [0.717, 1.165) is 5.56 Å². The van der Waals surface area contributed by atoms with Crippen LogP contribution in [0.1, 0.15) is 5.56 Å².